The van der Waals surface area contributed by atoms with Crippen LogP contribution in [0.25, 0.3) is 22.0 Å². The van der Waals surface area contributed by atoms with E-state index in [0.717, 1.165) is 41.8 Å². The number of allylic oxidation sites excluding steroid dienone is 2. The maximum absolute atomic E-state index is 15.2. The van der Waals surface area contributed by atoms with Crippen LogP contribution in [0.4, 0.5) is 26.3 Å². The van der Waals surface area contributed by atoms with Crippen LogP contribution in [-0.4, -0.2) is 11.3 Å². The van der Waals surface area contributed by atoms with Crippen molar-refractivity contribution in [2.24, 2.45) is 0 Å². The van der Waals surface area contributed by atoms with E-state index in [1.165, 1.54) is 0 Å². The average Bonchev–Trinajstić information content (AvgIpc) is 2.86. The molecule has 0 N–H and O–H groups in total. The van der Waals surface area contributed by atoms with Gasteiger partial charge in [-0.15, -0.1) is 13.2 Å². The summed E-state index contributed by atoms with van der Waals surface area (Å²) < 4.78 is 83.5. The van der Waals surface area contributed by atoms with Gasteiger partial charge in [0.1, 0.15) is 5.82 Å². The van der Waals surface area contributed by atoms with Crippen molar-refractivity contribution in [1.82, 2.24) is 4.98 Å². The summed E-state index contributed by atoms with van der Waals surface area (Å²) in [7, 11) is 0. The number of rotatable bonds is 8. The summed E-state index contributed by atoms with van der Waals surface area (Å²) >= 11 is 0. The van der Waals surface area contributed by atoms with Gasteiger partial charge in [-0.1, -0.05) is 42.5 Å². The van der Waals surface area contributed by atoms with Gasteiger partial charge in [-0.25, -0.2) is 13.2 Å². The number of aromatic nitrogens is 1. The zero-order valence-corrected chi connectivity index (χ0v) is 19.9. The van der Waals surface area contributed by atoms with E-state index in [-0.39, 0.29) is 18.4 Å². The fourth-order valence-electron chi connectivity index (χ4n) is 4.10. The van der Waals surface area contributed by atoms with Crippen LogP contribution < -0.4 is 4.74 Å². The largest absolute Gasteiger partial charge is 0.573 e. The molecule has 8 heteroatoms. The number of hydrogen-bond donors (Lipinski definition) is 0. The number of fused-ring (bicyclic) bond motifs is 1. The molecule has 4 rings (SSSR count). The van der Waals surface area contributed by atoms with E-state index >= 15 is 4.39 Å². The molecule has 3 aromatic carbocycles. The van der Waals surface area contributed by atoms with Crippen molar-refractivity contribution in [3.05, 3.63) is 107 Å². The summed E-state index contributed by atoms with van der Waals surface area (Å²) in [4.78, 5) is 4.53. The van der Waals surface area contributed by atoms with Gasteiger partial charge in [0.05, 0.1) is 5.69 Å². The summed E-state index contributed by atoms with van der Waals surface area (Å²) in [5.74, 6) is -4.92. The van der Waals surface area contributed by atoms with Crippen molar-refractivity contribution >= 4 is 10.8 Å². The Hall–Kier alpha value is -3.81. The molecule has 0 aliphatic carbocycles. The number of ether oxygens (including phenoxy) is 1. The third kappa shape index (κ3) is 6.50. The van der Waals surface area contributed by atoms with E-state index in [9.17, 15) is 22.0 Å². The van der Waals surface area contributed by atoms with E-state index in [1.54, 1.807) is 24.3 Å². The Kier molecular flexibility index (Phi) is 7.86. The van der Waals surface area contributed by atoms with Crippen molar-refractivity contribution < 1.29 is 31.1 Å². The molecule has 0 bridgehead atoms. The van der Waals surface area contributed by atoms with Crippen LogP contribution in [-0.2, 0) is 19.3 Å². The Morgan fingerprint density at radius 3 is 2.24 bits per heavy atom. The van der Waals surface area contributed by atoms with E-state index < -0.39 is 29.6 Å². The van der Waals surface area contributed by atoms with Crippen LogP contribution in [0.2, 0.25) is 0 Å². The predicted molar refractivity (Wildman–Crippen MR) is 131 cm³/mol. The quantitative estimate of drug-likeness (QED) is 0.173. The summed E-state index contributed by atoms with van der Waals surface area (Å²) in [6.07, 6.45) is 2.67. The molecule has 0 spiro atoms. The molecule has 192 valence electrons. The first-order valence-electron chi connectivity index (χ1n) is 11.7. The van der Waals surface area contributed by atoms with Gasteiger partial charge in [-0.05, 0) is 78.9 Å². The molecule has 0 amide bonds. The van der Waals surface area contributed by atoms with Gasteiger partial charge in [0.25, 0.3) is 0 Å². The molecule has 37 heavy (non-hydrogen) atoms. The highest BCUT2D eigenvalue weighted by Crippen LogP contribution is 2.31. The van der Waals surface area contributed by atoms with Gasteiger partial charge < -0.3 is 4.74 Å². The molecule has 1 aromatic heterocycles. The summed E-state index contributed by atoms with van der Waals surface area (Å²) in [6, 6.07) is 14.1. The van der Waals surface area contributed by atoms with Crippen molar-refractivity contribution in [3.8, 4) is 17.0 Å². The highest BCUT2D eigenvalue weighted by Gasteiger charge is 2.34. The molecule has 0 aliphatic rings. The molecule has 0 saturated carbocycles. The zero-order valence-electron chi connectivity index (χ0n) is 19.9. The first-order chi connectivity index (χ1) is 17.6. The first-order valence-corrected chi connectivity index (χ1v) is 11.7. The van der Waals surface area contributed by atoms with Crippen LogP contribution >= 0.6 is 0 Å². The topological polar surface area (TPSA) is 22.1 Å². The summed E-state index contributed by atoms with van der Waals surface area (Å²) in [6.45, 7) is 1.98. The lowest BCUT2D eigenvalue weighted by Gasteiger charge is -2.12. The SMILES string of the molecule is C/C=C/CCc1ccc(-c2ccc3c(F)c(CCc4cc(F)c(OC(F)(F)F)c(F)c4)ccc3c2)nc1. The molecular weight excluding hydrogens is 492 g/mol. The standard InChI is InChI=1S/C29H23F6NO/c1-2-3-4-5-18-7-13-26(36-17-18)22-11-12-23-21(16-22)10-9-20(27(23)32)8-6-19-14-24(30)28(25(31)15-19)37-29(33,34)35/h2-3,7,9-17H,4-6,8H2,1H3/b3-2+. The van der Waals surface area contributed by atoms with Crippen molar-refractivity contribution in [3.63, 3.8) is 0 Å². The Morgan fingerprint density at radius 1 is 0.838 bits per heavy atom. The predicted octanol–water partition coefficient (Wildman–Crippen LogP) is 8.51. The summed E-state index contributed by atoms with van der Waals surface area (Å²) in [5, 5.41) is 1.05. The van der Waals surface area contributed by atoms with Crippen LogP contribution in [0.15, 0.2) is 72.9 Å². The lowest BCUT2D eigenvalue weighted by atomic mass is 9.98. The molecule has 0 aliphatic heterocycles. The molecule has 2 nitrogen and oxygen atoms in total. The van der Waals surface area contributed by atoms with E-state index in [1.807, 2.05) is 37.4 Å². The van der Waals surface area contributed by atoms with Gasteiger partial charge in [0.15, 0.2) is 11.6 Å². The van der Waals surface area contributed by atoms with Gasteiger partial charge in [0, 0.05) is 17.1 Å². The number of alkyl halides is 3. The van der Waals surface area contributed by atoms with Gasteiger partial charge in [-0.3, -0.25) is 4.98 Å². The van der Waals surface area contributed by atoms with Crippen LogP contribution in [0.1, 0.15) is 30.0 Å². The maximum Gasteiger partial charge on any atom is 0.573 e. The Morgan fingerprint density at radius 2 is 1.59 bits per heavy atom. The Balaban J connectivity index is 1.49. The highest BCUT2D eigenvalue weighted by atomic mass is 19.4. The van der Waals surface area contributed by atoms with Crippen LogP contribution in [0.5, 0.6) is 5.75 Å². The number of benzene rings is 3. The molecule has 0 fully saturated rings. The van der Waals surface area contributed by atoms with Gasteiger partial charge in [0.2, 0.25) is 5.75 Å². The first kappa shape index (κ1) is 26.3. The monoisotopic (exact) mass is 515 g/mol. The normalized spacial score (nSPS) is 12.0. The number of aryl methyl sites for hydroxylation is 3. The fourth-order valence-corrected chi connectivity index (χ4v) is 4.10. The number of hydrogen-bond acceptors (Lipinski definition) is 2. The molecule has 0 atom stereocenters. The minimum atomic E-state index is -5.22. The molecular formula is C29H23F6NO. The van der Waals surface area contributed by atoms with E-state index in [2.05, 4.69) is 15.8 Å². The molecule has 4 aromatic rings. The Bertz CT molecular complexity index is 1400. The average molecular weight is 515 g/mol. The lowest BCUT2D eigenvalue weighted by Crippen LogP contribution is -2.19. The van der Waals surface area contributed by atoms with Crippen molar-refractivity contribution in [2.45, 2.75) is 39.0 Å². The number of nitrogens with zero attached hydrogens (tertiary/aromatic N) is 1. The second-order valence-corrected chi connectivity index (χ2v) is 8.57. The minimum Gasteiger partial charge on any atom is -0.399 e. The molecule has 0 radical (unpaired) electrons. The van der Waals surface area contributed by atoms with Crippen LogP contribution in [0.3, 0.4) is 0 Å². The second-order valence-electron chi connectivity index (χ2n) is 8.57. The fraction of sp³-hybridized carbons (Fsp3) is 0.207. The number of halogens is 6. The molecule has 0 unspecified atom stereocenters. The maximum atomic E-state index is 15.2. The molecule has 0 saturated heterocycles. The second kappa shape index (κ2) is 11.1. The summed E-state index contributed by atoms with van der Waals surface area (Å²) in [5.41, 5.74) is 3.13. The third-order valence-corrected chi connectivity index (χ3v) is 5.95. The smallest absolute Gasteiger partial charge is 0.399 e. The molecule has 1 heterocycles. The van der Waals surface area contributed by atoms with Gasteiger partial charge in [-0.2, -0.15) is 0 Å². The lowest BCUT2D eigenvalue weighted by molar-refractivity contribution is -0.276. The van der Waals surface area contributed by atoms with E-state index in [0.29, 0.717) is 16.3 Å². The minimum absolute atomic E-state index is 0.0188. The number of pyridine rings is 1. The third-order valence-electron chi connectivity index (χ3n) is 5.95. The highest BCUT2D eigenvalue weighted by molar-refractivity contribution is 5.88. The van der Waals surface area contributed by atoms with E-state index in [4.69, 9.17) is 0 Å². The van der Waals surface area contributed by atoms with Crippen molar-refractivity contribution in [2.75, 3.05) is 0 Å². The van der Waals surface area contributed by atoms with Crippen molar-refractivity contribution in [1.29, 1.82) is 0 Å². The Labute approximate surface area is 210 Å². The zero-order chi connectivity index (χ0) is 26.6. The van der Waals surface area contributed by atoms with Crippen LogP contribution in [0, 0.1) is 17.5 Å². The van der Waals surface area contributed by atoms with Gasteiger partial charge >= 0.3 is 6.36 Å².